The summed E-state index contributed by atoms with van der Waals surface area (Å²) >= 11 is 1.21. The number of aryl methyl sites for hydroxylation is 1. The Morgan fingerprint density at radius 3 is 2.27 bits per heavy atom. The summed E-state index contributed by atoms with van der Waals surface area (Å²) in [6, 6.07) is 8.16. The number of piperazine rings is 1. The number of nitrogens with one attached hydrogen (secondary N) is 1. The van der Waals surface area contributed by atoms with Gasteiger partial charge < -0.3 is 15.0 Å². The van der Waals surface area contributed by atoms with Gasteiger partial charge in [0.15, 0.2) is 0 Å². The van der Waals surface area contributed by atoms with E-state index in [1.165, 1.54) is 44.8 Å². The molecule has 1 aliphatic rings. The molecule has 3 rings (SSSR count). The molecule has 0 saturated carbocycles. The summed E-state index contributed by atoms with van der Waals surface area (Å²) in [7, 11) is -3.56. The van der Waals surface area contributed by atoms with Crippen molar-refractivity contribution in [3.63, 3.8) is 0 Å². The van der Waals surface area contributed by atoms with Crippen LogP contribution >= 0.6 is 11.3 Å². The molecule has 7 nitrogen and oxygen atoms in total. The Hall–Kier alpha value is -2.31. The van der Waals surface area contributed by atoms with Crippen LogP contribution in [0.2, 0.25) is 0 Å². The molecule has 1 N–H and O–H groups in total. The van der Waals surface area contributed by atoms with Crippen LogP contribution in [0.5, 0.6) is 5.75 Å². The second-order valence-electron chi connectivity index (χ2n) is 6.61. The molecule has 0 atom stereocenters. The lowest BCUT2D eigenvalue weighted by molar-refractivity contribution is -0.274. The highest BCUT2D eigenvalue weighted by Crippen LogP contribution is 2.25. The first-order valence-electron chi connectivity index (χ1n) is 8.99. The number of halogens is 3. The van der Waals surface area contributed by atoms with Crippen LogP contribution < -0.4 is 10.1 Å². The lowest BCUT2D eigenvalue weighted by atomic mass is 10.2. The first-order valence-corrected chi connectivity index (χ1v) is 11.2. The molecule has 1 fully saturated rings. The van der Waals surface area contributed by atoms with Crippen molar-refractivity contribution in [1.82, 2.24) is 14.5 Å². The maximum absolute atomic E-state index is 12.6. The summed E-state index contributed by atoms with van der Waals surface area (Å²) in [5, 5.41) is 2.68. The Morgan fingerprint density at radius 1 is 1.10 bits per heavy atom. The third-order valence-electron chi connectivity index (χ3n) is 4.44. The van der Waals surface area contributed by atoms with Crippen LogP contribution in [0.15, 0.2) is 40.6 Å². The summed E-state index contributed by atoms with van der Waals surface area (Å²) in [6.07, 6.45) is -4.76. The summed E-state index contributed by atoms with van der Waals surface area (Å²) in [5.74, 6) is -0.337. The van der Waals surface area contributed by atoms with Gasteiger partial charge in [-0.2, -0.15) is 4.31 Å². The number of alkyl halides is 3. The molecule has 1 aromatic carbocycles. The van der Waals surface area contributed by atoms with E-state index in [1.807, 2.05) is 6.92 Å². The maximum Gasteiger partial charge on any atom is 0.573 e. The summed E-state index contributed by atoms with van der Waals surface area (Å²) in [5.41, 5.74) is 0.604. The van der Waals surface area contributed by atoms with Crippen LogP contribution in [0.4, 0.5) is 18.0 Å². The van der Waals surface area contributed by atoms with E-state index in [9.17, 15) is 26.4 Å². The Balaban J connectivity index is 1.49. The Morgan fingerprint density at radius 2 is 1.73 bits per heavy atom. The number of amides is 2. The number of carbonyl (C=O) groups is 1. The monoisotopic (exact) mass is 463 g/mol. The fourth-order valence-corrected chi connectivity index (χ4v) is 5.77. The molecule has 1 aromatic heterocycles. The molecule has 0 bridgehead atoms. The molecule has 0 aliphatic carbocycles. The number of urea groups is 1. The van der Waals surface area contributed by atoms with Gasteiger partial charge in [0.1, 0.15) is 9.96 Å². The fourth-order valence-electron chi connectivity index (χ4n) is 2.91. The zero-order valence-corrected chi connectivity index (χ0v) is 17.6. The van der Waals surface area contributed by atoms with Crippen LogP contribution in [0.3, 0.4) is 0 Å². The highest BCUT2D eigenvalue weighted by Gasteiger charge is 2.32. The molecule has 1 saturated heterocycles. The Kier molecular flexibility index (Phi) is 6.58. The molecule has 2 aromatic rings. The van der Waals surface area contributed by atoms with Crippen molar-refractivity contribution in [2.24, 2.45) is 0 Å². The second kappa shape index (κ2) is 8.82. The largest absolute Gasteiger partial charge is 0.573 e. The van der Waals surface area contributed by atoms with E-state index in [4.69, 9.17) is 0 Å². The van der Waals surface area contributed by atoms with Crippen molar-refractivity contribution in [1.29, 1.82) is 0 Å². The number of rotatable bonds is 5. The first kappa shape index (κ1) is 22.4. The normalized spacial score (nSPS) is 15.8. The Bertz CT molecular complexity index is 983. The number of hydrogen-bond donors (Lipinski definition) is 1. The molecule has 0 spiro atoms. The summed E-state index contributed by atoms with van der Waals surface area (Å²) in [4.78, 5) is 14.7. The molecule has 30 heavy (non-hydrogen) atoms. The fraction of sp³-hybridized carbons (Fsp3) is 0.389. The summed E-state index contributed by atoms with van der Waals surface area (Å²) < 4.78 is 67.3. The number of benzene rings is 1. The predicted molar refractivity (Wildman–Crippen MR) is 105 cm³/mol. The zero-order valence-electron chi connectivity index (χ0n) is 16.0. The quantitative estimate of drug-likeness (QED) is 0.739. The van der Waals surface area contributed by atoms with Crippen LogP contribution in [-0.2, 0) is 16.6 Å². The van der Waals surface area contributed by atoms with Crippen LogP contribution in [0, 0.1) is 6.92 Å². The number of carbonyl (C=O) groups excluding carboxylic acids is 1. The SMILES string of the molecule is Cc1ccc(S(=O)(=O)N2CCN(C(=O)NCc3ccc(OC(F)(F)F)cc3)CC2)s1. The molecule has 0 radical (unpaired) electrons. The third kappa shape index (κ3) is 5.64. The minimum Gasteiger partial charge on any atom is -0.406 e. The van der Waals surface area contributed by atoms with Crippen LogP contribution in [0.25, 0.3) is 0 Å². The molecule has 164 valence electrons. The van der Waals surface area contributed by atoms with Crippen LogP contribution in [-0.4, -0.2) is 56.2 Å². The zero-order chi connectivity index (χ0) is 21.9. The van der Waals surface area contributed by atoms with Crippen molar-refractivity contribution in [2.75, 3.05) is 26.2 Å². The van der Waals surface area contributed by atoms with E-state index in [0.29, 0.717) is 5.56 Å². The van der Waals surface area contributed by atoms with Gasteiger partial charge in [-0.1, -0.05) is 12.1 Å². The van der Waals surface area contributed by atoms with Crippen molar-refractivity contribution < 1.29 is 31.1 Å². The number of sulfonamides is 1. The lowest BCUT2D eigenvalue weighted by Crippen LogP contribution is -2.52. The first-order chi connectivity index (χ1) is 14.0. The smallest absolute Gasteiger partial charge is 0.406 e. The number of nitrogens with zero attached hydrogens (tertiary/aromatic N) is 2. The van der Waals surface area contributed by atoms with E-state index in [2.05, 4.69) is 10.1 Å². The predicted octanol–water partition coefficient (Wildman–Crippen LogP) is 3.17. The van der Waals surface area contributed by atoms with Crippen molar-refractivity contribution in [3.05, 3.63) is 46.8 Å². The summed E-state index contributed by atoms with van der Waals surface area (Å²) in [6.45, 7) is 2.83. The Labute approximate surface area is 176 Å². The minimum absolute atomic E-state index is 0.123. The highest BCUT2D eigenvalue weighted by molar-refractivity contribution is 7.91. The van der Waals surface area contributed by atoms with Gasteiger partial charge in [0, 0.05) is 37.6 Å². The van der Waals surface area contributed by atoms with Gasteiger partial charge in [0.2, 0.25) is 0 Å². The molecular formula is C18H20F3N3O4S2. The lowest BCUT2D eigenvalue weighted by Gasteiger charge is -2.33. The highest BCUT2D eigenvalue weighted by atomic mass is 32.2. The molecule has 2 heterocycles. The van der Waals surface area contributed by atoms with Gasteiger partial charge >= 0.3 is 12.4 Å². The molecule has 12 heteroatoms. The molecular weight excluding hydrogens is 443 g/mol. The average molecular weight is 464 g/mol. The van der Waals surface area contributed by atoms with Gasteiger partial charge in [-0.25, -0.2) is 13.2 Å². The molecule has 2 amide bonds. The number of thiophene rings is 1. The number of ether oxygens (including phenoxy) is 1. The van der Waals surface area contributed by atoms with Crippen molar-refractivity contribution in [2.45, 2.75) is 24.0 Å². The molecule has 0 unspecified atom stereocenters. The van der Waals surface area contributed by atoms with Crippen LogP contribution in [0.1, 0.15) is 10.4 Å². The minimum atomic E-state index is -4.76. The van der Waals surface area contributed by atoms with E-state index in [1.54, 1.807) is 12.1 Å². The van der Waals surface area contributed by atoms with E-state index < -0.39 is 16.4 Å². The van der Waals surface area contributed by atoms with Crippen molar-refractivity contribution in [3.8, 4) is 5.75 Å². The van der Waals surface area contributed by atoms with Gasteiger partial charge in [0.05, 0.1) is 0 Å². The van der Waals surface area contributed by atoms with Gasteiger partial charge in [-0.3, -0.25) is 0 Å². The van der Waals surface area contributed by atoms with Gasteiger partial charge in [0.25, 0.3) is 10.0 Å². The average Bonchev–Trinajstić information content (AvgIpc) is 3.13. The topological polar surface area (TPSA) is 79.0 Å². The maximum atomic E-state index is 12.6. The van der Waals surface area contributed by atoms with E-state index in [0.717, 1.165) is 4.88 Å². The molecule has 1 aliphatic heterocycles. The van der Waals surface area contributed by atoms with Crippen molar-refractivity contribution >= 4 is 27.4 Å². The third-order valence-corrected chi connectivity index (χ3v) is 7.80. The van der Waals surface area contributed by atoms with E-state index in [-0.39, 0.29) is 48.7 Å². The van der Waals surface area contributed by atoms with E-state index >= 15 is 0 Å². The second-order valence-corrected chi connectivity index (χ2v) is 10.1. The standard InChI is InChI=1S/C18H20F3N3O4S2/c1-13-2-7-16(29-13)30(26,27)24-10-8-23(9-11-24)17(25)22-12-14-3-5-15(6-4-14)28-18(19,20)21/h2-7H,8-12H2,1H3,(H,22,25). The van der Waals surface area contributed by atoms with Gasteiger partial charge in [-0.15, -0.1) is 24.5 Å². The van der Waals surface area contributed by atoms with Gasteiger partial charge in [-0.05, 0) is 36.8 Å². The number of hydrogen-bond acceptors (Lipinski definition) is 5.